The molecule has 5 rings (SSSR count). The number of Topliss-reactive ketones (excluding diaryl/α,β-unsaturated/α-hetero) is 1. The zero-order chi connectivity index (χ0) is 24.3. The van der Waals surface area contributed by atoms with Gasteiger partial charge in [-0.05, 0) is 80.0 Å². The molecule has 0 spiro atoms. The standard InChI is InChI=1S/C25H27N3O5S/c1-3-34(32,33)28-12-11-18-13-19(8-10-21(18)28)22(29)15-27-23(30)25(2,26-24(27)31)20-9-7-16-5-4-6-17(16)14-20/h7-10,13-14H,3-6,11-12,15H2,1-2H3,(H,26,31). The number of hydrogen-bond donors (Lipinski definition) is 1. The van der Waals surface area contributed by atoms with Crippen LogP contribution in [0, 0.1) is 0 Å². The number of anilines is 1. The fourth-order valence-electron chi connectivity index (χ4n) is 5.14. The zero-order valence-electron chi connectivity index (χ0n) is 19.3. The average molecular weight is 482 g/mol. The van der Waals surface area contributed by atoms with Crippen molar-refractivity contribution in [2.45, 2.75) is 45.1 Å². The molecule has 2 aliphatic heterocycles. The summed E-state index contributed by atoms with van der Waals surface area (Å²) in [5.41, 5.74) is 3.67. The summed E-state index contributed by atoms with van der Waals surface area (Å²) in [5, 5.41) is 2.78. The van der Waals surface area contributed by atoms with E-state index in [0.29, 0.717) is 24.2 Å². The van der Waals surface area contributed by atoms with Gasteiger partial charge >= 0.3 is 6.03 Å². The average Bonchev–Trinajstić information content (AvgIpc) is 3.52. The zero-order valence-corrected chi connectivity index (χ0v) is 20.1. The summed E-state index contributed by atoms with van der Waals surface area (Å²) in [4.78, 5) is 40.0. The first kappa shape index (κ1) is 22.6. The van der Waals surface area contributed by atoms with Gasteiger partial charge in [0.1, 0.15) is 5.54 Å². The van der Waals surface area contributed by atoms with Crippen molar-refractivity contribution in [3.63, 3.8) is 0 Å². The molecule has 0 aromatic heterocycles. The number of aryl methyl sites for hydroxylation is 2. The normalized spacial score (nSPS) is 21.6. The molecule has 3 aliphatic rings. The maximum Gasteiger partial charge on any atom is 0.325 e. The van der Waals surface area contributed by atoms with Crippen LogP contribution in [-0.2, 0) is 39.6 Å². The molecule has 0 radical (unpaired) electrons. The third-order valence-corrected chi connectivity index (χ3v) is 8.99. The largest absolute Gasteiger partial charge is 0.325 e. The maximum absolute atomic E-state index is 13.3. The number of carbonyl (C=O) groups excluding carboxylic acids is 3. The van der Waals surface area contributed by atoms with Crippen LogP contribution in [0.3, 0.4) is 0 Å². The number of fused-ring (bicyclic) bond motifs is 2. The summed E-state index contributed by atoms with van der Waals surface area (Å²) in [7, 11) is -3.38. The summed E-state index contributed by atoms with van der Waals surface area (Å²) in [6, 6.07) is 10.1. The van der Waals surface area contributed by atoms with Crippen LogP contribution in [0.2, 0.25) is 0 Å². The van der Waals surface area contributed by atoms with Gasteiger partial charge in [-0.15, -0.1) is 0 Å². The number of amides is 3. The molecule has 1 atom stereocenters. The van der Waals surface area contributed by atoms with E-state index in [9.17, 15) is 22.8 Å². The fourth-order valence-corrected chi connectivity index (χ4v) is 6.30. The first-order valence-corrected chi connectivity index (χ1v) is 13.2. The van der Waals surface area contributed by atoms with Crippen molar-refractivity contribution in [2.24, 2.45) is 0 Å². The lowest BCUT2D eigenvalue weighted by Gasteiger charge is -2.23. The van der Waals surface area contributed by atoms with Gasteiger partial charge in [-0.1, -0.05) is 18.2 Å². The summed E-state index contributed by atoms with van der Waals surface area (Å²) >= 11 is 0. The van der Waals surface area contributed by atoms with E-state index in [-0.39, 0.29) is 18.1 Å². The lowest BCUT2D eigenvalue weighted by Crippen LogP contribution is -2.41. The molecule has 2 heterocycles. The number of sulfonamides is 1. The molecule has 9 heteroatoms. The summed E-state index contributed by atoms with van der Waals surface area (Å²) in [6.45, 7) is 3.24. The molecule has 2 aromatic carbocycles. The van der Waals surface area contributed by atoms with Gasteiger partial charge in [-0.3, -0.25) is 18.8 Å². The van der Waals surface area contributed by atoms with E-state index in [4.69, 9.17) is 0 Å². The molecule has 1 saturated heterocycles. The molecule has 1 N–H and O–H groups in total. The fraction of sp³-hybridized carbons (Fsp3) is 0.400. The van der Waals surface area contributed by atoms with E-state index in [2.05, 4.69) is 5.32 Å². The number of nitrogens with one attached hydrogen (secondary N) is 1. The van der Waals surface area contributed by atoms with Crippen LogP contribution in [0.25, 0.3) is 0 Å². The van der Waals surface area contributed by atoms with Crippen LogP contribution >= 0.6 is 0 Å². The Morgan fingerprint density at radius 1 is 1.03 bits per heavy atom. The third kappa shape index (κ3) is 3.50. The quantitative estimate of drug-likeness (QED) is 0.504. The molecular weight excluding hydrogens is 454 g/mol. The highest BCUT2D eigenvalue weighted by Crippen LogP contribution is 2.34. The van der Waals surface area contributed by atoms with Crippen molar-refractivity contribution in [1.82, 2.24) is 10.2 Å². The molecule has 1 fully saturated rings. The van der Waals surface area contributed by atoms with E-state index in [1.807, 2.05) is 18.2 Å². The Morgan fingerprint density at radius 3 is 2.56 bits per heavy atom. The van der Waals surface area contributed by atoms with E-state index >= 15 is 0 Å². The second-order valence-electron chi connectivity index (χ2n) is 9.27. The van der Waals surface area contributed by atoms with Crippen LogP contribution in [0.15, 0.2) is 36.4 Å². The van der Waals surface area contributed by atoms with Crippen LogP contribution in [0.4, 0.5) is 10.5 Å². The number of ketones is 1. The second kappa shape index (κ2) is 7.94. The minimum Gasteiger partial charge on any atom is -0.319 e. The van der Waals surface area contributed by atoms with E-state index in [1.54, 1.807) is 32.0 Å². The smallest absolute Gasteiger partial charge is 0.319 e. The van der Waals surface area contributed by atoms with Gasteiger partial charge in [-0.2, -0.15) is 0 Å². The van der Waals surface area contributed by atoms with Crippen LogP contribution in [0.5, 0.6) is 0 Å². The molecule has 34 heavy (non-hydrogen) atoms. The van der Waals surface area contributed by atoms with Crippen molar-refractivity contribution in [3.05, 3.63) is 64.2 Å². The summed E-state index contributed by atoms with van der Waals surface area (Å²) in [6.07, 6.45) is 3.57. The first-order valence-electron chi connectivity index (χ1n) is 11.6. The summed E-state index contributed by atoms with van der Waals surface area (Å²) in [5.74, 6) is -0.825. The van der Waals surface area contributed by atoms with Gasteiger partial charge in [0.15, 0.2) is 5.78 Å². The van der Waals surface area contributed by atoms with E-state index < -0.39 is 27.5 Å². The minimum absolute atomic E-state index is 0.00227. The Balaban J connectivity index is 1.35. The predicted octanol–water partition coefficient (Wildman–Crippen LogP) is 2.54. The molecule has 0 bridgehead atoms. The highest BCUT2D eigenvalue weighted by atomic mass is 32.2. The number of rotatable bonds is 6. The molecule has 3 amide bonds. The predicted molar refractivity (Wildman–Crippen MR) is 127 cm³/mol. The molecule has 8 nitrogen and oxygen atoms in total. The van der Waals surface area contributed by atoms with Gasteiger partial charge in [0.05, 0.1) is 18.0 Å². The van der Waals surface area contributed by atoms with Crippen molar-refractivity contribution in [1.29, 1.82) is 0 Å². The van der Waals surface area contributed by atoms with Gasteiger partial charge in [-0.25, -0.2) is 13.2 Å². The van der Waals surface area contributed by atoms with E-state index in [1.165, 1.54) is 15.4 Å². The minimum atomic E-state index is -3.38. The first-order chi connectivity index (χ1) is 16.1. The highest BCUT2D eigenvalue weighted by Gasteiger charge is 2.49. The monoisotopic (exact) mass is 481 g/mol. The van der Waals surface area contributed by atoms with Gasteiger partial charge in [0, 0.05) is 12.1 Å². The Hall–Kier alpha value is -3.20. The van der Waals surface area contributed by atoms with Gasteiger partial charge in [0.2, 0.25) is 10.0 Å². The third-order valence-electron chi connectivity index (χ3n) is 7.21. The Morgan fingerprint density at radius 2 is 1.79 bits per heavy atom. The topological polar surface area (TPSA) is 104 Å². The van der Waals surface area contributed by atoms with Crippen molar-refractivity contribution < 1.29 is 22.8 Å². The number of carbonyl (C=O) groups is 3. The van der Waals surface area contributed by atoms with Crippen LogP contribution in [-0.4, -0.2) is 49.9 Å². The van der Waals surface area contributed by atoms with Crippen LogP contribution < -0.4 is 9.62 Å². The molecule has 2 aromatic rings. The number of benzene rings is 2. The molecule has 1 unspecified atom stereocenters. The van der Waals surface area contributed by atoms with Crippen molar-refractivity contribution in [3.8, 4) is 0 Å². The Bertz CT molecular complexity index is 1340. The maximum atomic E-state index is 13.3. The Kier molecular flexibility index (Phi) is 5.27. The van der Waals surface area contributed by atoms with Crippen LogP contribution in [0.1, 0.15) is 52.9 Å². The Labute approximate surface area is 199 Å². The van der Waals surface area contributed by atoms with Gasteiger partial charge in [0.25, 0.3) is 5.91 Å². The summed E-state index contributed by atoms with van der Waals surface area (Å²) < 4.78 is 26.0. The van der Waals surface area contributed by atoms with E-state index in [0.717, 1.165) is 35.3 Å². The molecular formula is C25H27N3O5S. The number of imide groups is 1. The second-order valence-corrected chi connectivity index (χ2v) is 11.5. The highest BCUT2D eigenvalue weighted by molar-refractivity contribution is 7.92. The number of urea groups is 1. The van der Waals surface area contributed by atoms with Crippen molar-refractivity contribution >= 4 is 33.4 Å². The van der Waals surface area contributed by atoms with Crippen molar-refractivity contribution in [2.75, 3.05) is 23.1 Å². The lowest BCUT2D eigenvalue weighted by atomic mass is 9.89. The number of hydrogen-bond acceptors (Lipinski definition) is 5. The van der Waals surface area contributed by atoms with Gasteiger partial charge < -0.3 is 5.32 Å². The lowest BCUT2D eigenvalue weighted by molar-refractivity contribution is -0.130. The SMILES string of the molecule is CCS(=O)(=O)N1CCc2cc(C(=O)CN3C(=O)NC(C)(c4ccc5c(c4)CCC5)C3=O)ccc21. The molecule has 1 aliphatic carbocycles. The molecule has 0 saturated carbocycles. The molecule has 178 valence electrons. The number of nitrogens with zero attached hydrogens (tertiary/aromatic N) is 2.